The number of nitrogens with zero attached hydrogens (tertiary/aromatic N) is 5. The lowest BCUT2D eigenvalue weighted by molar-refractivity contribution is -0.118. The van der Waals surface area contributed by atoms with Gasteiger partial charge >= 0.3 is 0 Å². The average Bonchev–Trinajstić information content (AvgIpc) is 3.12. The summed E-state index contributed by atoms with van der Waals surface area (Å²) in [5.74, 6) is 0.733. The number of fused-ring (bicyclic) bond motifs is 4. The number of ether oxygens (including phenoxy) is 1. The zero-order valence-electron chi connectivity index (χ0n) is 18.3. The Morgan fingerprint density at radius 1 is 1.03 bits per heavy atom. The number of thioether (sulfide) groups is 1. The van der Waals surface area contributed by atoms with Crippen LogP contribution in [0, 0.1) is 0 Å². The van der Waals surface area contributed by atoms with Gasteiger partial charge in [-0.1, -0.05) is 55.1 Å². The predicted molar refractivity (Wildman–Crippen MR) is 126 cm³/mol. The molecule has 0 saturated heterocycles. The molecule has 0 spiro atoms. The standard InChI is InChI=1S/C24H21N5O3S/c1-4-33-24-25-22-21(26-27-24)17-10-6-8-12-20(17)29(15(3)31)23(32-22)18-13-28(14(2)30)19-11-7-5-9-16(18)19/h5-13,23H,4H2,1-3H3. The van der Waals surface area contributed by atoms with Gasteiger partial charge in [0.05, 0.1) is 11.2 Å². The molecule has 1 unspecified atom stereocenters. The molecule has 3 heterocycles. The van der Waals surface area contributed by atoms with Crippen molar-refractivity contribution in [2.45, 2.75) is 32.2 Å². The van der Waals surface area contributed by atoms with Gasteiger partial charge in [0.1, 0.15) is 0 Å². The monoisotopic (exact) mass is 459 g/mol. The molecule has 1 atom stereocenters. The van der Waals surface area contributed by atoms with Crippen LogP contribution < -0.4 is 9.64 Å². The Labute approximate surface area is 194 Å². The van der Waals surface area contributed by atoms with E-state index in [0.29, 0.717) is 33.5 Å². The second kappa shape index (κ2) is 8.32. The van der Waals surface area contributed by atoms with Crippen molar-refractivity contribution in [1.29, 1.82) is 0 Å². The summed E-state index contributed by atoms with van der Waals surface area (Å²) in [5, 5.41) is 9.95. The summed E-state index contributed by atoms with van der Waals surface area (Å²) >= 11 is 1.46. The van der Waals surface area contributed by atoms with Crippen LogP contribution in [0.2, 0.25) is 0 Å². The number of carbonyl (C=O) groups excluding carboxylic acids is 2. The zero-order chi connectivity index (χ0) is 23.1. The average molecular weight is 460 g/mol. The van der Waals surface area contributed by atoms with Gasteiger partial charge in [0.25, 0.3) is 0 Å². The lowest BCUT2D eigenvalue weighted by atomic mass is 10.1. The van der Waals surface area contributed by atoms with Gasteiger partial charge < -0.3 is 4.74 Å². The molecular formula is C24H21N5O3S. The van der Waals surface area contributed by atoms with Crippen LogP contribution in [0.15, 0.2) is 59.9 Å². The number of carbonyl (C=O) groups is 2. The molecule has 0 saturated carbocycles. The number of anilines is 1. The van der Waals surface area contributed by atoms with E-state index in [1.54, 1.807) is 15.7 Å². The molecule has 2 aromatic carbocycles. The van der Waals surface area contributed by atoms with Crippen molar-refractivity contribution >= 4 is 40.2 Å². The van der Waals surface area contributed by atoms with Crippen LogP contribution >= 0.6 is 11.8 Å². The Morgan fingerprint density at radius 2 is 1.79 bits per heavy atom. The van der Waals surface area contributed by atoms with Gasteiger partial charge in [0.15, 0.2) is 5.69 Å². The van der Waals surface area contributed by atoms with Crippen molar-refractivity contribution < 1.29 is 14.3 Å². The van der Waals surface area contributed by atoms with E-state index in [0.717, 1.165) is 16.7 Å². The topological polar surface area (TPSA) is 90.2 Å². The lowest BCUT2D eigenvalue weighted by Crippen LogP contribution is -2.36. The largest absolute Gasteiger partial charge is 0.447 e. The number of rotatable bonds is 3. The Hall–Kier alpha value is -3.72. The molecule has 2 aromatic heterocycles. The maximum Gasteiger partial charge on any atom is 0.247 e. The summed E-state index contributed by atoms with van der Waals surface area (Å²) in [6.45, 7) is 5.00. The summed E-state index contributed by atoms with van der Waals surface area (Å²) in [7, 11) is 0. The van der Waals surface area contributed by atoms with Gasteiger partial charge in [0, 0.05) is 36.6 Å². The third kappa shape index (κ3) is 3.54. The van der Waals surface area contributed by atoms with Crippen LogP contribution in [0.4, 0.5) is 5.69 Å². The van der Waals surface area contributed by atoms with Crippen molar-refractivity contribution in [2.75, 3.05) is 10.7 Å². The first-order valence-corrected chi connectivity index (χ1v) is 11.5. The summed E-state index contributed by atoms with van der Waals surface area (Å²) in [4.78, 5) is 31.6. The molecule has 9 heteroatoms. The molecule has 8 nitrogen and oxygen atoms in total. The highest BCUT2D eigenvalue weighted by Crippen LogP contribution is 2.44. The van der Waals surface area contributed by atoms with E-state index in [1.165, 1.54) is 25.6 Å². The fraction of sp³-hybridized carbons (Fsp3) is 0.208. The number of hydrogen-bond donors (Lipinski definition) is 0. The van der Waals surface area contributed by atoms with Crippen molar-refractivity contribution in [3.8, 4) is 17.1 Å². The minimum Gasteiger partial charge on any atom is -0.447 e. The van der Waals surface area contributed by atoms with Crippen LogP contribution in [0.3, 0.4) is 0 Å². The highest BCUT2D eigenvalue weighted by molar-refractivity contribution is 7.99. The van der Waals surface area contributed by atoms with Crippen LogP contribution in [-0.2, 0) is 4.79 Å². The van der Waals surface area contributed by atoms with Crippen LogP contribution in [0.25, 0.3) is 22.2 Å². The van der Waals surface area contributed by atoms with Gasteiger partial charge in [-0.3, -0.25) is 19.1 Å². The molecule has 33 heavy (non-hydrogen) atoms. The highest BCUT2D eigenvalue weighted by atomic mass is 32.2. The van der Waals surface area contributed by atoms with Gasteiger partial charge in [-0.25, -0.2) is 0 Å². The molecule has 166 valence electrons. The lowest BCUT2D eigenvalue weighted by Gasteiger charge is -2.29. The molecule has 0 radical (unpaired) electrons. The van der Waals surface area contributed by atoms with E-state index in [-0.39, 0.29) is 11.8 Å². The van der Waals surface area contributed by atoms with E-state index in [1.807, 2.05) is 55.5 Å². The Bertz CT molecular complexity index is 1400. The molecule has 0 bridgehead atoms. The summed E-state index contributed by atoms with van der Waals surface area (Å²) in [5.41, 5.74) is 3.24. The third-order valence-corrected chi connectivity index (χ3v) is 6.19. The van der Waals surface area contributed by atoms with Crippen LogP contribution in [0.1, 0.15) is 37.4 Å². The van der Waals surface area contributed by atoms with Gasteiger partial charge in [-0.2, -0.15) is 4.98 Å². The van der Waals surface area contributed by atoms with Crippen LogP contribution in [-0.4, -0.2) is 37.3 Å². The van der Waals surface area contributed by atoms with Crippen molar-refractivity contribution in [3.63, 3.8) is 0 Å². The van der Waals surface area contributed by atoms with Gasteiger partial charge in [-0.15, -0.1) is 10.2 Å². The minimum atomic E-state index is -0.855. The predicted octanol–water partition coefficient (Wildman–Crippen LogP) is 4.71. The molecule has 0 fully saturated rings. The normalized spacial score (nSPS) is 14.9. The molecule has 1 amide bonds. The number of aromatic nitrogens is 4. The number of para-hydroxylation sites is 2. The summed E-state index contributed by atoms with van der Waals surface area (Å²) < 4.78 is 8.01. The molecule has 4 aromatic rings. The second-order valence-corrected chi connectivity index (χ2v) is 8.78. The van der Waals surface area contributed by atoms with E-state index >= 15 is 0 Å². The number of benzene rings is 2. The second-order valence-electron chi connectivity index (χ2n) is 7.55. The molecule has 1 aliphatic heterocycles. The van der Waals surface area contributed by atoms with Crippen molar-refractivity contribution in [1.82, 2.24) is 19.7 Å². The summed E-state index contributed by atoms with van der Waals surface area (Å²) in [6, 6.07) is 15.0. The first kappa shape index (κ1) is 21.1. The fourth-order valence-corrected chi connectivity index (χ4v) is 4.61. The number of hydrogen-bond acceptors (Lipinski definition) is 7. The molecule has 0 aliphatic carbocycles. The molecule has 1 aliphatic rings. The SMILES string of the molecule is CCSc1nnc2c(n1)OC(c1cn(C(C)=O)c3ccccc13)N(C(C)=O)c1ccccc1-2. The van der Waals surface area contributed by atoms with Gasteiger partial charge in [-0.05, 0) is 17.9 Å². The van der Waals surface area contributed by atoms with E-state index in [9.17, 15) is 9.59 Å². The Kier molecular flexibility index (Phi) is 5.33. The first-order chi connectivity index (χ1) is 16.0. The maximum atomic E-state index is 13.0. The quantitative estimate of drug-likeness (QED) is 0.410. The van der Waals surface area contributed by atoms with Crippen molar-refractivity contribution in [2.24, 2.45) is 0 Å². The smallest absolute Gasteiger partial charge is 0.247 e. The molecular weight excluding hydrogens is 438 g/mol. The zero-order valence-corrected chi connectivity index (χ0v) is 19.2. The maximum absolute atomic E-state index is 13.0. The first-order valence-electron chi connectivity index (χ1n) is 10.5. The Morgan fingerprint density at radius 3 is 2.55 bits per heavy atom. The van der Waals surface area contributed by atoms with Crippen LogP contribution in [0.5, 0.6) is 5.88 Å². The van der Waals surface area contributed by atoms with Gasteiger partial charge in [0.2, 0.25) is 29.1 Å². The Balaban J connectivity index is 1.79. The number of amides is 1. The third-order valence-electron chi connectivity index (χ3n) is 5.47. The highest BCUT2D eigenvalue weighted by Gasteiger charge is 2.36. The summed E-state index contributed by atoms with van der Waals surface area (Å²) in [6.07, 6.45) is 0.879. The molecule has 0 N–H and O–H groups in total. The van der Waals surface area contributed by atoms with Crippen molar-refractivity contribution in [3.05, 3.63) is 60.3 Å². The van der Waals surface area contributed by atoms with E-state index < -0.39 is 6.23 Å². The molecule has 5 rings (SSSR count). The van der Waals surface area contributed by atoms with E-state index in [4.69, 9.17) is 4.74 Å². The van der Waals surface area contributed by atoms with E-state index in [2.05, 4.69) is 15.2 Å². The fourth-order valence-electron chi connectivity index (χ4n) is 4.11. The minimum absolute atomic E-state index is 0.133.